The molecule has 0 saturated carbocycles. The first kappa shape index (κ1) is 23.0. The van der Waals surface area contributed by atoms with Gasteiger partial charge in [0.25, 0.3) is 0 Å². The summed E-state index contributed by atoms with van der Waals surface area (Å²) >= 11 is 5.28. The molecule has 0 unspecified atom stereocenters. The molecule has 1 aliphatic rings. The third kappa shape index (κ3) is 6.91. The third-order valence-electron chi connectivity index (χ3n) is 5.58. The van der Waals surface area contributed by atoms with Gasteiger partial charge in [-0.2, -0.15) is 0 Å². The molecular formula is C25H32N4OS. The molecule has 1 heterocycles. The van der Waals surface area contributed by atoms with Crippen molar-refractivity contribution in [2.45, 2.75) is 26.7 Å². The van der Waals surface area contributed by atoms with Gasteiger partial charge in [-0.1, -0.05) is 45.0 Å². The van der Waals surface area contributed by atoms with Crippen molar-refractivity contribution in [3.05, 3.63) is 65.7 Å². The van der Waals surface area contributed by atoms with Crippen molar-refractivity contribution in [2.75, 3.05) is 42.9 Å². The lowest BCUT2D eigenvalue weighted by molar-refractivity contribution is -0.115. The highest BCUT2D eigenvalue weighted by Crippen LogP contribution is 2.19. The maximum absolute atomic E-state index is 12.2. The standard InChI is InChI=1S/C25H32N4OS/c1-4-28-15-17-29(18-16-28)23-12-10-22(11-13-23)26-25(31)27-24(30)14-7-20-5-8-21(9-6-20)19(2)3/h5-14,19H,4,15-18H2,1-3H3,(H2,26,27,30,31)/b14-7+. The van der Waals surface area contributed by atoms with Crippen molar-refractivity contribution in [2.24, 2.45) is 0 Å². The fourth-order valence-corrected chi connectivity index (χ4v) is 3.78. The maximum Gasteiger partial charge on any atom is 0.250 e. The van der Waals surface area contributed by atoms with E-state index in [9.17, 15) is 4.79 Å². The Labute approximate surface area is 191 Å². The number of carbonyl (C=O) groups is 1. The van der Waals surface area contributed by atoms with E-state index in [0.29, 0.717) is 5.92 Å². The molecule has 2 aromatic carbocycles. The zero-order valence-electron chi connectivity index (χ0n) is 18.6. The van der Waals surface area contributed by atoms with E-state index < -0.39 is 0 Å². The van der Waals surface area contributed by atoms with Gasteiger partial charge in [0.2, 0.25) is 5.91 Å². The largest absolute Gasteiger partial charge is 0.369 e. The van der Waals surface area contributed by atoms with Gasteiger partial charge in [-0.3, -0.25) is 10.1 Å². The molecule has 0 spiro atoms. The number of likely N-dealkylation sites (N-methyl/N-ethyl adjacent to an activating group) is 1. The fraction of sp³-hybridized carbons (Fsp3) is 0.360. The summed E-state index contributed by atoms with van der Waals surface area (Å²) in [6.45, 7) is 11.9. The Morgan fingerprint density at radius 1 is 1.03 bits per heavy atom. The second kappa shape index (κ2) is 11.1. The van der Waals surface area contributed by atoms with E-state index in [1.54, 1.807) is 6.08 Å². The first-order chi connectivity index (χ1) is 14.9. The van der Waals surface area contributed by atoms with Gasteiger partial charge >= 0.3 is 0 Å². The molecule has 5 nitrogen and oxygen atoms in total. The molecule has 0 aromatic heterocycles. The highest BCUT2D eigenvalue weighted by molar-refractivity contribution is 7.80. The van der Waals surface area contributed by atoms with Crippen molar-refractivity contribution < 1.29 is 4.79 Å². The van der Waals surface area contributed by atoms with Gasteiger partial charge in [-0.15, -0.1) is 0 Å². The minimum Gasteiger partial charge on any atom is -0.369 e. The number of amides is 1. The van der Waals surface area contributed by atoms with E-state index in [-0.39, 0.29) is 11.0 Å². The number of hydrogen-bond acceptors (Lipinski definition) is 4. The predicted octanol–water partition coefficient (Wildman–Crippen LogP) is 4.48. The van der Waals surface area contributed by atoms with Crippen molar-refractivity contribution in [3.8, 4) is 0 Å². The highest BCUT2D eigenvalue weighted by atomic mass is 32.1. The number of carbonyl (C=O) groups excluding carboxylic acids is 1. The quantitative estimate of drug-likeness (QED) is 0.517. The molecule has 6 heteroatoms. The Morgan fingerprint density at radius 2 is 1.68 bits per heavy atom. The zero-order valence-corrected chi connectivity index (χ0v) is 19.4. The molecule has 2 aromatic rings. The molecule has 2 N–H and O–H groups in total. The Bertz CT molecular complexity index is 898. The van der Waals surface area contributed by atoms with E-state index in [4.69, 9.17) is 12.2 Å². The molecule has 164 valence electrons. The molecule has 0 atom stereocenters. The fourth-order valence-electron chi connectivity index (χ4n) is 3.56. The van der Waals surface area contributed by atoms with Crippen LogP contribution in [0.2, 0.25) is 0 Å². The summed E-state index contributed by atoms with van der Waals surface area (Å²) in [4.78, 5) is 17.0. The number of rotatable bonds is 6. The molecule has 0 bridgehead atoms. The number of anilines is 2. The Kier molecular flexibility index (Phi) is 8.20. The van der Waals surface area contributed by atoms with E-state index in [1.807, 2.05) is 24.3 Å². The van der Waals surface area contributed by atoms with Crippen LogP contribution in [0.25, 0.3) is 6.08 Å². The van der Waals surface area contributed by atoms with Crippen molar-refractivity contribution in [3.63, 3.8) is 0 Å². The van der Waals surface area contributed by atoms with Gasteiger partial charge in [0.1, 0.15) is 0 Å². The minimum atomic E-state index is -0.254. The lowest BCUT2D eigenvalue weighted by Gasteiger charge is -2.35. The van der Waals surface area contributed by atoms with Crippen LogP contribution in [0, 0.1) is 0 Å². The van der Waals surface area contributed by atoms with Crippen LogP contribution in [0.5, 0.6) is 0 Å². The van der Waals surface area contributed by atoms with E-state index >= 15 is 0 Å². The van der Waals surface area contributed by atoms with E-state index in [1.165, 1.54) is 17.3 Å². The lowest BCUT2D eigenvalue weighted by Crippen LogP contribution is -2.46. The number of hydrogen-bond donors (Lipinski definition) is 2. The Hall–Kier alpha value is -2.70. The van der Waals surface area contributed by atoms with Gasteiger partial charge in [0.05, 0.1) is 0 Å². The maximum atomic E-state index is 12.2. The third-order valence-corrected chi connectivity index (χ3v) is 5.78. The van der Waals surface area contributed by atoms with Crippen molar-refractivity contribution in [1.29, 1.82) is 0 Å². The Balaban J connectivity index is 1.47. The van der Waals surface area contributed by atoms with Gasteiger partial charge in [0, 0.05) is 43.6 Å². The molecule has 1 saturated heterocycles. The molecular weight excluding hydrogens is 404 g/mol. The average molecular weight is 437 g/mol. The number of nitrogens with zero attached hydrogens (tertiary/aromatic N) is 2. The normalized spacial score (nSPS) is 14.8. The van der Waals surface area contributed by atoms with Gasteiger partial charge in [-0.05, 0) is 66.1 Å². The topological polar surface area (TPSA) is 47.6 Å². The first-order valence-electron chi connectivity index (χ1n) is 10.9. The van der Waals surface area contributed by atoms with Crippen LogP contribution in [-0.2, 0) is 4.79 Å². The van der Waals surface area contributed by atoms with Gasteiger partial charge in [0.15, 0.2) is 5.11 Å². The average Bonchev–Trinajstić information content (AvgIpc) is 2.78. The number of thiocarbonyl (C=S) groups is 1. The van der Waals surface area contributed by atoms with E-state index in [0.717, 1.165) is 44.0 Å². The molecule has 1 aliphatic heterocycles. The van der Waals surface area contributed by atoms with E-state index in [2.05, 4.69) is 65.5 Å². The van der Waals surface area contributed by atoms with Crippen LogP contribution < -0.4 is 15.5 Å². The van der Waals surface area contributed by atoms with Gasteiger partial charge < -0.3 is 15.1 Å². The van der Waals surface area contributed by atoms with Crippen LogP contribution in [0.1, 0.15) is 37.8 Å². The van der Waals surface area contributed by atoms with Crippen LogP contribution in [0.3, 0.4) is 0 Å². The Morgan fingerprint density at radius 3 is 2.26 bits per heavy atom. The zero-order chi connectivity index (χ0) is 22.2. The smallest absolute Gasteiger partial charge is 0.250 e. The summed E-state index contributed by atoms with van der Waals surface area (Å²) in [6.07, 6.45) is 3.28. The van der Waals surface area contributed by atoms with Crippen LogP contribution in [0.4, 0.5) is 11.4 Å². The summed E-state index contributed by atoms with van der Waals surface area (Å²) in [5.41, 5.74) is 4.33. The monoisotopic (exact) mass is 436 g/mol. The first-order valence-corrected chi connectivity index (χ1v) is 11.3. The molecule has 0 aliphatic carbocycles. The molecule has 1 fully saturated rings. The number of piperazine rings is 1. The van der Waals surface area contributed by atoms with Gasteiger partial charge in [-0.25, -0.2) is 0 Å². The second-order valence-electron chi connectivity index (χ2n) is 8.07. The summed E-state index contributed by atoms with van der Waals surface area (Å²) in [5, 5.41) is 6.06. The summed E-state index contributed by atoms with van der Waals surface area (Å²) in [6, 6.07) is 16.4. The second-order valence-corrected chi connectivity index (χ2v) is 8.47. The predicted molar refractivity (Wildman–Crippen MR) is 135 cm³/mol. The lowest BCUT2D eigenvalue weighted by atomic mass is 10.0. The molecule has 0 radical (unpaired) electrons. The highest BCUT2D eigenvalue weighted by Gasteiger charge is 2.15. The summed E-state index contributed by atoms with van der Waals surface area (Å²) in [5.74, 6) is 0.237. The minimum absolute atomic E-state index is 0.254. The number of benzene rings is 2. The summed E-state index contributed by atoms with van der Waals surface area (Å²) in [7, 11) is 0. The SMILES string of the molecule is CCN1CCN(c2ccc(NC(=S)NC(=O)/C=C/c3ccc(C(C)C)cc3)cc2)CC1. The molecule has 31 heavy (non-hydrogen) atoms. The van der Waals surface area contributed by atoms with Crippen molar-refractivity contribution >= 4 is 40.7 Å². The van der Waals surface area contributed by atoms with Crippen LogP contribution in [0.15, 0.2) is 54.6 Å². The number of nitrogens with one attached hydrogen (secondary N) is 2. The van der Waals surface area contributed by atoms with Crippen molar-refractivity contribution in [1.82, 2.24) is 10.2 Å². The van der Waals surface area contributed by atoms with Crippen LogP contribution >= 0.6 is 12.2 Å². The van der Waals surface area contributed by atoms with Crippen LogP contribution in [-0.4, -0.2) is 48.6 Å². The molecule has 1 amide bonds. The molecule has 3 rings (SSSR count). The summed E-state index contributed by atoms with van der Waals surface area (Å²) < 4.78 is 0.